The predicted octanol–water partition coefficient (Wildman–Crippen LogP) is 4.40. The minimum Gasteiger partial charge on any atom is -0.340 e. The zero-order chi connectivity index (χ0) is 23.8. The van der Waals surface area contributed by atoms with Gasteiger partial charge in [0.05, 0.1) is 6.20 Å². The Morgan fingerprint density at radius 2 is 1.80 bits per heavy atom. The quantitative estimate of drug-likeness (QED) is 0.400. The third kappa shape index (κ3) is 4.01. The van der Waals surface area contributed by atoms with E-state index < -0.39 is 0 Å². The first-order valence-corrected chi connectivity index (χ1v) is 11.6. The van der Waals surface area contributed by atoms with Gasteiger partial charge >= 0.3 is 0 Å². The molecule has 2 aromatic carbocycles. The summed E-state index contributed by atoms with van der Waals surface area (Å²) in [7, 11) is 1.94. The van der Waals surface area contributed by atoms with Crippen LogP contribution in [0.15, 0.2) is 67.0 Å². The van der Waals surface area contributed by atoms with Gasteiger partial charge in [-0.15, -0.1) is 0 Å². The van der Waals surface area contributed by atoms with Crippen LogP contribution in [0, 0.1) is 0 Å². The Hall–Kier alpha value is -4.53. The second-order valence-corrected chi connectivity index (χ2v) is 8.68. The van der Waals surface area contributed by atoms with Crippen LogP contribution in [0.25, 0.3) is 33.5 Å². The number of H-pyrrole nitrogens is 1. The van der Waals surface area contributed by atoms with Crippen molar-refractivity contribution in [3.63, 3.8) is 0 Å². The molecule has 0 bridgehead atoms. The number of hydrogen-bond acceptors (Lipinski definition) is 6. The number of carbonyl (C=O) groups excluding carboxylic acids is 1. The van der Waals surface area contributed by atoms with Crippen molar-refractivity contribution in [2.24, 2.45) is 7.05 Å². The molecule has 2 N–H and O–H groups in total. The van der Waals surface area contributed by atoms with E-state index in [2.05, 4.69) is 25.7 Å². The number of aromatic nitrogens is 6. The van der Waals surface area contributed by atoms with Gasteiger partial charge in [-0.3, -0.25) is 4.79 Å². The molecule has 0 atom stereocenters. The molecule has 1 saturated heterocycles. The third-order valence-electron chi connectivity index (χ3n) is 6.44. The first-order chi connectivity index (χ1) is 17.2. The Bertz CT molecular complexity index is 1500. The molecule has 0 aliphatic carbocycles. The van der Waals surface area contributed by atoms with Gasteiger partial charge in [-0.05, 0) is 43.2 Å². The maximum Gasteiger partial charge on any atom is 0.270 e. The van der Waals surface area contributed by atoms with E-state index in [9.17, 15) is 4.79 Å². The van der Waals surface area contributed by atoms with Crippen LogP contribution in [0.5, 0.6) is 0 Å². The van der Waals surface area contributed by atoms with Gasteiger partial charge in [0.2, 0.25) is 0 Å². The van der Waals surface area contributed by atoms with E-state index in [0.29, 0.717) is 17.3 Å². The average Bonchev–Trinajstić information content (AvgIpc) is 3.67. The molecule has 1 aliphatic heterocycles. The van der Waals surface area contributed by atoms with Crippen molar-refractivity contribution in [1.29, 1.82) is 0 Å². The number of rotatable bonds is 5. The summed E-state index contributed by atoms with van der Waals surface area (Å²) in [5.41, 5.74) is 5.27. The van der Waals surface area contributed by atoms with Crippen molar-refractivity contribution in [2.45, 2.75) is 12.8 Å². The van der Waals surface area contributed by atoms with E-state index in [1.54, 1.807) is 12.4 Å². The second kappa shape index (κ2) is 8.68. The molecule has 0 radical (unpaired) electrons. The number of aryl methyl sites for hydroxylation is 1. The number of anilines is 2. The molecule has 3 aromatic heterocycles. The van der Waals surface area contributed by atoms with Gasteiger partial charge in [-0.1, -0.05) is 24.3 Å². The van der Waals surface area contributed by atoms with Crippen molar-refractivity contribution in [3.05, 3.63) is 72.7 Å². The molecule has 0 unspecified atom stereocenters. The van der Waals surface area contributed by atoms with Crippen LogP contribution in [0.2, 0.25) is 0 Å². The first-order valence-electron chi connectivity index (χ1n) is 11.6. The lowest BCUT2D eigenvalue weighted by atomic mass is 10.1. The van der Waals surface area contributed by atoms with E-state index >= 15 is 0 Å². The molecule has 1 aliphatic rings. The molecule has 1 fully saturated rings. The monoisotopic (exact) mass is 464 g/mol. The molecule has 174 valence electrons. The third-order valence-corrected chi connectivity index (χ3v) is 6.44. The highest BCUT2D eigenvalue weighted by Crippen LogP contribution is 2.27. The smallest absolute Gasteiger partial charge is 0.270 e. The number of aromatic amines is 1. The molecule has 6 rings (SSSR count). The fraction of sp³-hybridized carbons (Fsp3) is 0.192. The lowest BCUT2D eigenvalue weighted by Gasteiger charge is -2.15. The SMILES string of the molecule is Cn1c(C(=O)N2CCCC2)cc2ccc(-c3nccc(Nc4ccc(-c5cn[nH]n5)cc4)n3)cc21. The van der Waals surface area contributed by atoms with E-state index in [4.69, 9.17) is 4.98 Å². The number of fused-ring (bicyclic) bond motifs is 1. The van der Waals surface area contributed by atoms with Gasteiger partial charge in [-0.25, -0.2) is 9.97 Å². The standard InChI is InChI=1S/C26H24N8O/c1-33-22-15-19(5-4-18(22)14-23(33)26(35)34-12-2-3-13-34)25-27-11-10-24(30-25)29-20-8-6-17(7-9-20)21-16-28-32-31-21/h4-11,14-16H,2-3,12-13H2,1H3,(H,27,29,30)(H,28,31,32). The van der Waals surface area contributed by atoms with Gasteiger partial charge in [0.25, 0.3) is 5.91 Å². The number of benzene rings is 2. The summed E-state index contributed by atoms with van der Waals surface area (Å²) in [6.07, 6.45) is 5.58. The van der Waals surface area contributed by atoms with Crippen LogP contribution in [0.3, 0.4) is 0 Å². The normalized spacial score (nSPS) is 13.5. The summed E-state index contributed by atoms with van der Waals surface area (Å²) in [5.74, 6) is 1.41. The average molecular weight is 465 g/mol. The largest absolute Gasteiger partial charge is 0.340 e. The Balaban J connectivity index is 1.25. The number of nitrogens with one attached hydrogen (secondary N) is 2. The van der Waals surface area contributed by atoms with Gasteiger partial charge in [0, 0.05) is 54.1 Å². The topological polar surface area (TPSA) is 105 Å². The summed E-state index contributed by atoms with van der Waals surface area (Å²) in [5, 5.41) is 14.9. The molecule has 35 heavy (non-hydrogen) atoms. The summed E-state index contributed by atoms with van der Waals surface area (Å²) >= 11 is 0. The lowest BCUT2D eigenvalue weighted by molar-refractivity contribution is 0.0784. The summed E-state index contributed by atoms with van der Waals surface area (Å²) < 4.78 is 1.97. The molecule has 9 heteroatoms. The fourth-order valence-corrected chi connectivity index (χ4v) is 4.54. The van der Waals surface area contributed by atoms with Crippen molar-refractivity contribution < 1.29 is 4.79 Å². The van der Waals surface area contributed by atoms with Gasteiger partial charge < -0.3 is 14.8 Å². The van der Waals surface area contributed by atoms with Crippen molar-refractivity contribution in [3.8, 4) is 22.6 Å². The van der Waals surface area contributed by atoms with E-state index in [1.807, 2.05) is 71.1 Å². The Morgan fingerprint density at radius 3 is 2.57 bits per heavy atom. The van der Waals surface area contributed by atoms with E-state index in [0.717, 1.165) is 59.3 Å². The van der Waals surface area contributed by atoms with Crippen LogP contribution < -0.4 is 5.32 Å². The Morgan fingerprint density at radius 1 is 1.00 bits per heavy atom. The van der Waals surface area contributed by atoms with Crippen molar-refractivity contribution >= 4 is 28.3 Å². The zero-order valence-electron chi connectivity index (χ0n) is 19.3. The van der Waals surface area contributed by atoms with Gasteiger partial charge in [0.1, 0.15) is 17.2 Å². The number of likely N-dealkylation sites (tertiary alicyclic amines) is 1. The lowest BCUT2D eigenvalue weighted by Crippen LogP contribution is -2.29. The van der Waals surface area contributed by atoms with Gasteiger partial charge in [0.15, 0.2) is 5.82 Å². The maximum atomic E-state index is 13.0. The molecular weight excluding hydrogens is 440 g/mol. The minimum atomic E-state index is 0.0970. The van der Waals surface area contributed by atoms with Crippen molar-refractivity contribution in [2.75, 3.05) is 18.4 Å². The Labute approximate surface area is 201 Å². The molecule has 1 amide bonds. The molecule has 9 nitrogen and oxygen atoms in total. The molecule has 0 spiro atoms. The van der Waals surface area contributed by atoms with Crippen LogP contribution in [0.4, 0.5) is 11.5 Å². The maximum absolute atomic E-state index is 13.0. The highest BCUT2D eigenvalue weighted by atomic mass is 16.2. The van der Waals surface area contributed by atoms with Crippen LogP contribution in [0.1, 0.15) is 23.3 Å². The number of nitrogens with zero attached hydrogens (tertiary/aromatic N) is 6. The Kier molecular flexibility index (Phi) is 5.21. The van der Waals surface area contributed by atoms with Crippen LogP contribution in [-0.2, 0) is 7.05 Å². The number of amides is 1. The second-order valence-electron chi connectivity index (χ2n) is 8.68. The van der Waals surface area contributed by atoms with E-state index in [-0.39, 0.29) is 5.91 Å². The molecule has 5 aromatic rings. The first kappa shape index (κ1) is 21.0. The minimum absolute atomic E-state index is 0.0970. The highest BCUT2D eigenvalue weighted by molar-refractivity contribution is 5.99. The van der Waals surface area contributed by atoms with Crippen molar-refractivity contribution in [1.82, 2.24) is 34.8 Å². The predicted molar refractivity (Wildman–Crippen MR) is 134 cm³/mol. The molecular formula is C26H24N8O. The highest BCUT2D eigenvalue weighted by Gasteiger charge is 2.23. The number of hydrogen-bond donors (Lipinski definition) is 2. The number of carbonyl (C=O) groups is 1. The van der Waals surface area contributed by atoms with E-state index in [1.165, 1.54) is 0 Å². The summed E-state index contributed by atoms with van der Waals surface area (Å²) in [6, 6.07) is 17.8. The van der Waals surface area contributed by atoms with Gasteiger partial charge in [-0.2, -0.15) is 15.4 Å². The zero-order valence-corrected chi connectivity index (χ0v) is 19.3. The molecule has 0 saturated carbocycles. The fourth-order valence-electron chi connectivity index (χ4n) is 4.54. The summed E-state index contributed by atoms with van der Waals surface area (Å²) in [4.78, 5) is 24.1. The van der Waals surface area contributed by atoms with Crippen LogP contribution >= 0.6 is 0 Å². The molecule has 4 heterocycles. The summed E-state index contributed by atoms with van der Waals surface area (Å²) in [6.45, 7) is 1.67. The van der Waals surface area contributed by atoms with Crippen LogP contribution in [-0.4, -0.2) is 53.8 Å².